The first-order valence-corrected chi connectivity index (χ1v) is 15.6. The van der Waals surface area contributed by atoms with Crippen molar-refractivity contribution in [3.8, 4) is 44.8 Å². The molecule has 3 aromatic carbocycles. The van der Waals surface area contributed by atoms with Crippen molar-refractivity contribution >= 4 is 17.0 Å². The van der Waals surface area contributed by atoms with Gasteiger partial charge in [0.2, 0.25) is 0 Å². The van der Waals surface area contributed by atoms with Gasteiger partial charge in [0.25, 0.3) is 0 Å². The summed E-state index contributed by atoms with van der Waals surface area (Å²) in [6.07, 6.45) is 17.2. The minimum Gasteiger partial charge on any atom is -0.300 e. The largest absolute Gasteiger partial charge is 0.300 e. The van der Waals surface area contributed by atoms with Crippen LogP contribution in [0.2, 0.25) is 0 Å². The number of aromatic nitrogens is 3. The second kappa shape index (κ2) is 12.2. The Bertz CT molecular complexity index is 2140. The molecule has 0 saturated carbocycles. The minimum absolute atomic E-state index is 0.518. The molecule has 5 nitrogen and oxygen atoms in total. The van der Waals surface area contributed by atoms with E-state index in [9.17, 15) is 0 Å². The monoisotopic (exact) mass is 604 g/mol. The van der Waals surface area contributed by atoms with E-state index in [0.29, 0.717) is 5.71 Å². The summed E-state index contributed by atoms with van der Waals surface area (Å²) in [6.45, 7) is 0. The fourth-order valence-corrected chi connectivity index (χ4v) is 6.24. The van der Waals surface area contributed by atoms with Gasteiger partial charge in [0.1, 0.15) is 6.20 Å². The first-order chi connectivity index (χ1) is 23.2. The van der Waals surface area contributed by atoms with Crippen LogP contribution in [0.1, 0.15) is 16.7 Å². The van der Waals surface area contributed by atoms with Gasteiger partial charge >= 0.3 is 0 Å². The van der Waals surface area contributed by atoms with Crippen molar-refractivity contribution in [3.63, 3.8) is 0 Å². The lowest BCUT2D eigenvalue weighted by molar-refractivity contribution is -0.487. The van der Waals surface area contributed by atoms with E-state index in [1.54, 1.807) is 0 Å². The molecule has 47 heavy (non-hydrogen) atoms. The Hall–Kier alpha value is -6.30. The van der Waals surface area contributed by atoms with Gasteiger partial charge in [-0.1, -0.05) is 78.9 Å². The van der Waals surface area contributed by atoms with Gasteiger partial charge in [0.05, 0.1) is 22.7 Å². The van der Waals surface area contributed by atoms with Crippen molar-refractivity contribution in [2.24, 2.45) is 0 Å². The van der Waals surface area contributed by atoms with Gasteiger partial charge < -0.3 is 5.41 Å². The quantitative estimate of drug-likeness (QED) is 0.208. The molecule has 0 saturated heterocycles. The number of rotatable bonds is 5. The topological polar surface area (TPSA) is 79.1 Å². The maximum atomic E-state index is 8.57. The summed E-state index contributed by atoms with van der Waals surface area (Å²) in [5.41, 5.74) is 15.4. The highest BCUT2D eigenvalue weighted by molar-refractivity contribution is 6.14. The molecule has 0 spiro atoms. The molecule has 0 atom stereocenters. The number of hydrogen-bond acceptors (Lipinski definition) is 4. The number of pyridine rings is 3. The molecule has 3 N–H and O–H groups in total. The van der Waals surface area contributed by atoms with E-state index in [-0.39, 0.29) is 0 Å². The van der Waals surface area contributed by atoms with Gasteiger partial charge in [-0.3, -0.25) is 15.3 Å². The standard InChI is InChI=1S/C42H29N5/c43-39-8-4-3-7-37(39)42-36-6-2-1-5-35(36)38(27-46-42)34-25-40(32-13-9-28(10-14-32)30-17-21-44-22-18-30)47-41(26-34)33-15-11-29(12-16-33)31-19-23-45-24-20-31/h1-27,43,46H/p+1/b42-37-,43-39?. The molecule has 6 aromatic rings. The van der Waals surface area contributed by atoms with Crippen LogP contribution in [0, 0.1) is 5.41 Å². The lowest BCUT2D eigenvalue weighted by atomic mass is 9.87. The Kier molecular flexibility index (Phi) is 7.34. The Morgan fingerprint density at radius 1 is 0.489 bits per heavy atom. The third-order valence-corrected chi connectivity index (χ3v) is 8.67. The van der Waals surface area contributed by atoms with Crippen molar-refractivity contribution in [1.29, 1.82) is 5.41 Å². The first-order valence-electron chi connectivity index (χ1n) is 15.6. The highest BCUT2D eigenvalue weighted by atomic mass is 14.9. The number of quaternary nitrogens is 1. The molecule has 4 heterocycles. The Morgan fingerprint density at radius 3 is 1.53 bits per heavy atom. The molecule has 2 aliphatic rings. The molecule has 1 aliphatic carbocycles. The number of allylic oxidation sites excluding steroid dienone is 5. The molecule has 1 aliphatic heterocycles. The van der Waals surface area contributed by atoms with Crippen molar-refractivity contribution < 1.29 is 5.32 Å². The van der Waals surface area contributed by atoms with Crippen LogP contribution in [0.5, 0.6) is 0 Å². The Labute approximate surface area is 273 Å². The predicted octanol–water partition coefficient (Wildman–Crippen LogP) is 8.36. The number of nitrogens with one attached hydrogen (secondary N) is 1. The molecule has 222 valence electrons. The molecule has 8 rings (SSSR count). The third kappa shape index (κ3) is 5.56. The number of nitrogens with zero attached hydrogens (tertiary/aromatic N) is 3. The zero-order chi connectivity index (χ0) is 31.6. The number of fused-ring (bicyclic) bond motifs is 1. The Morgan fingerprint density at radius 2 is 0.979 bits per heavy atom. The summed E-state index contributed by atoms with van der Waals surface area (Å²) in [5.74, 6) is 0. The van der Waals surface area contributed by atoms with Crippen molar-refractivity contribution in [3.05, 3.63) is 187 Å². The summed E-state index contributed by atoms with van der Waals surface area (Å²) in [6, 6.07) is 38.1. The lowest BCUT2D eigenvalue weighted by Crippen LogP contribution is -2.76. The van der Waals surface area contributed by atoms with E-state index in [2.05, 4.69) is 106 Å². The molecule has 0 radical (unpaired) electrons. The SMILES string of the molecule is N=C1C=CC=C/C1=C1/[NH2+]C=C(c2cc(-c3ccc(-c4ccncc4)cc3)nc(-c3ccc(-c4ccncc4)cc3)c2)c2ccccc21. The molecular formula is C42H30N5+. The van der Waals surface area contributed by atoms with Gasteiger partial charge in [0, 0.05) is 52.6 Å². The van der Waals surface area contributed by atoms with Crippen LogP contribution in [0.3, 0.4) is 0 Å². The van der Waals surface area contributed by atoms with Gasteiger partial charge in [-0.15, -0.1) is 0 Å². The van der Waals surface area contributed by atoms with Crippen LogP contribution in [0.25, 0.3) is 56.0 Å². The van der Waals surface area contributed by atoms with Crippen LogP contribution < -0.4 is 5.32 Å². The number of nitrogens with two attached hydrogens (primary N) is 1. The van der Waals surface area contributed by atoms with E-state index in [1.165, 1.54) is 0 Å². The van der Waals surface area contributed by atoms with Crippen LogP contribution in [-0.4, -0.2) is 20.7 Å². The summed E-state index contributed by atoms with van der Waals surface area (Å²) in [4.78, 5) is 13.5. The minimum atomic E-state index is 0.518. The molecule has 0 fully saturated rings. The first kappa shape index (κ1) is 28.2. The Balaban J connectivity index is 1.25. The fraction of sp³-hybridized carbons (Fsp3) is 0. The van der Waals surface area contributed by atoms with Gasteiger partial charge in [-0.2, -0.15) is 0 Å². The van der Waals surface area contributed by atoms with Crippen molar-refractivity contribution in [1.82, 2.24) is 15.0 Å². The van der Waals surface area contributed by atoms with Crippen LogP contribution in [-0.2, 0) is 0 Å². The zero-order valence-electron chi connectivity index (χ0n) is 25.5. The smallest absolute Gasteiger partial charge is 0.151 e. The lowest BCUT2D eigenvalue weighted by Gasteiger charge is -2.21. The van der Waals surface area contributed by atoms with Gasteiger partial charge in [0.15, 0.2) is 5.70 Å². The second-order valence-corrected chi connectivity index (χ2v) is 11.5. The van der Waals surface area contributed by atoms with Crippen LogP contribution in [0.15, 0.2) is 170 Å². The molecule has 0 unspecified atom stereocenters. The number of hydrogen-bond donors (Lipinski definition) is 2. The van der Waals surface area contributed by atoms with Crippen molar-refractivity contribution in [2.45, 2.75) is 0 Å². The highest BCUT2D eigenvalue weighted by Gasteiger charge is 2.26. The molecular weight excluding hydrogens is 574 g/mol. The second-order valence-electron chi connectivity index (χ2n) is 11.5. The molecule has 3 aromatic heterocycles. The summed E-state index contributed by atoms with van der Waals surface area (Å²) < 4.78 is 0. The summed E-state index contributed by atoms with van der Waals surface area (Å²) in [5, 5.41) is 10.7. The third-order valence-electron chi connectivity index (χ3n) is 8.67. The normalized spacial score (nSPS) is 15.3. The molecule has 0 amide bonds. The van der Waals surface area contributed by atoms with Gasteiger partial charge in [-0.25, -0.2) is 4.98 Å². The zero-order valence-corrected chi connectivity index (χ0v) is 25.5. The summed E-state index contributed by atoms with van der Waals surface area (Å²) >= 11 is 0. The van der Waals surface area contributed by atoms with Gasteiger partial charge in [-0.05, 0) is 82.4 Å². The van der Waals surface area contributed by atoms with E-state index in [1.807, 2.05) is 73.4 Å². The van der Waals surface area contributed by atoms with E-state index >= 15 is 0 Å². The maximum Gasteiger partial charge on any atom is 0.151 e. The maximum absolute atomic E-state index is 8.57. The number of benzene rings is 3. The van der Waals surface area contributed by atoms with E-state index in [4.69, 9.17) is 10.4 Å². The van der Waals surface area contributed by atoms with Crippen molar-refractivity contribution in [2.75, 3.05) is 0 Å². The highest BCUT2D eigenvalue weighted by Crippen LogP contribution is 2.36. The van der Waals surface area contributed by atoms with E-state index in [0.717, 1.165) is 78.3 Å². The average Bonchev–Trinajstić information content (AvgIpc) is 3.15. The summed E-state index contributed by atoms with van der Waals surface area (Å²) in [7, 11) is 0. The van der Waals surface area contributed by atoms with Crippen LogP contribution in [0.4, 0.5) is 0 Å². The van der Waals surface area contributed by atoms with Crippen LogP contribution >= 0.6 is 0 Å². The average molecular weight is 605 g/mol. The predicted molar refractivity (Wildman–Crippen MR) is 190 cm³/mol. The molecule has 5 heteroatoms. The molecule has 0 bridgehead atoms. The van der Waals surface area contributed by atoms with E-state index < -0.39 is 0 Å². The fourth-order valence-electron chi connectivity index (χ4n) is 6.24.